The van der Waals surface area contributed by atoms with Crippen LogP contribution < -0.4 is 10.1 Å². The average molecular weight is 354 g/mol. The summed E-state index contributed by atoms with van der Waals surface area (Å²) in [6, 6.07) is 12.4. The molecule has 1 aromatic carbocycles. The van der Waals surface area contributed by atoms with Gasteiger partial charge in [0.2, 0.25) is 0 Å². The molecule has 0 saturated heterocycles. The van der Waals surface area contributed by atoms with Gasteiger partial charge in [-0.1, -0.05) is 18.2 Å². The van der Waals surface area contributed by atoms with Crippen LogP contribution >= 0.6 is 0 Å². The van der Waals surface area contributed by atoms with Crippen LogP contribution in [0.3, 0.4) is 0 Å². The molecule has 0 aliphatic heterocycles. The van der Waals surface area contributed by atoms with Gasteiger partial charge in [0.25, 0.3) is 0 Å². The highest BCUT2D eigenvalue weighted by atomic mass is 16.5. The number of benzene rings is 1. The van der Waals surface area contributed by atoms with Gasteiger partial charge < -0.3 is 15.0 Å². The van der Waals surface area contributed by atoms with Crippen LogP contribution in [-0.2, 0) is 13.0 Å². The van der Waals surface area contributed by atoms with Crippen LogP contribution in [0.2, 0.25) is 0 Å². The van der Waals surface area contributed by atoms with Crippen molar-refractivity contribution in [3.8, 4) is 5.75 Å². The largest absolute Gasteiger partial charge is 0.494 e. The minimum absolute atomic E-state index is 0.687. The second-order valence-electron chi connectivity index (χ2n) is 6.23. The van der Waals surface area contributed by atoms with Gasteiger partial charge in [-0.15, -0.1) is 0 Å². The fourth-order valence-corrected chi connectivity index (χ4v) is 2.61. The molecule has 0 unspecified atom stereocenters. The third-order valence-corrected chi connectivity index (χ3v) is 3.99. The normalized spacial score (nSPS) is 11.3. The quantitative estimate of drug-likeness (QED) is 0.583. The summed E-state index contributed by atoms with van der Waals surface area (Å²) in [6.45, 7) is 9.15. The summed E-state index contributed by atoms with van der Waals surface area (Å²) < 4.78 is 5.50. The Hall–Kier alpha value is -2.56. The summed E-state index contributed by atoms with van der Waals surface area (Å²) in [5, 5.41) is 3.37. The lowest BCUT2D eigenvalue weighted by Crippen LogP contribution is -2.38. The molecule has 0 aliphatic carbocycles. The van der Waals surface area contributed by atoms with Crippen molar-refractivity contribution in [2.45, 2.75) is 33.7 Å². The first-order chi connectivity index (χ1) is 12.6. The van der Waals surface area contributed by atoms with Gasteiger partial charge in [-0.3, -0.25) is 9.98 Å². The molecule has 2 rings (SSSR count). The van der Waals surface area contributed by atoms with Crippen molar-refractivity contribution < 1.29 is 4.74 Å². The predicted octanol–water partition coefficient (Wildman–Crippen LogP) is 3.43. The number of guanidine groups is 1. The van der Waals surface area contributed by atoms with E-state index in [0.29, 0.717) is 6.61 Å². The van der Waals surface area contributed by atoms with Gasteiger partial charge in [0, 0.05) is 38.6 Å². The fourth-order valence-electron chi connectivity index (χ4n) is 2.61. The molecule has 0 fully saturated rings. The first kappa shape index (κ1) is 19.8. The Morgan fingerprint density at radius 1 is 1.12 bits per heavy atom. The molecule has 5 nitrogen and oxygen atoms in total. The standard InChI is InChI=1S/C21H30N4O/c1-5-22-21(23-14-13-18-8-7-17(3)24-15-18)25(4)16-19-9-11-20(12-10-19)26-6-2/h7-12,15H,5-6,13-14,16H2,1-4H3,(H,22,23). The van der Waals surface area contributed by atoms with Gasteiger partial charge in [-0.05, 0) is 56.5 Å². The van der Waals surface area contributed by atoms with E-state index in [1.807, 2.05) is 38.2 Å². The SMILES string of the molecule is CCNC(=NCCc1ccc(C)nc1)N(C)Cc1ccc(OCC)cc1. The minimum Gasteiger partial charge on any atom is -0.494 e. The van der Waals surface area contributed by atoms with Crippen LogP contribution in [-0.4, -0.2) is 42.6 Å². The smallest absolute Gasteiger partial charge is 0.193 e. The van der Waals surface area contributed by atoms with Crippen molar-refractivity contribution in [2.75, 3.05) is 26.7 Å². The molecule has 1 aromatic heterocycles. The number of aromatic nitrogens is 1. The second-order valence-corrected chi connectivity index (χ2v) is 6.23. The molecule has 0 saturated carbocycles. The van der Waals surface area contributed by atoms with Crippen molar-refractivity contribution in [3.63, 3.8) is 0 Å². The van der Waals surface area contributed by atoms with E-state index in [1.165, 1.54) is 11.1 Å². The van der Waals surface area contributed by atoms with Crippen LogP contribution in [0.1, 0.15) is 30.7 Å². The molecule has 5 heteroatoms. The maximum Gasteiger partial charge on any atom is 0.193 e. The van der Waals surface area contributed by atoms with Crippen LogP contribution in [0.5, 0.6) is 5.75 Å². The molecule has 26 heavy (non-hydrogen) atoms. The van der Waals surface area contributed by atoms with E-state index in [9.17, 15) is 0 Å². The molecule has 0 amide bonds. The summed E-state index contributed by atoms with van der Waals surface area (Å²) in [6.07, 6.45) is 2.82. The molecule has 140 valence electrons. The maximum absolute atomic E-state index is 5.50. The third kappa shape index (κ3) is 6.39. The molecule has 0 spiro atoms. The van der Waals surface area contributed by atoms with E-state index in [1.54, 1.807) is 0 Å². The Bertz CT molecular complexity index is 680. The first-order valence-electron chi connectivity index (χ1n) is 9.25. The molecule has 0 bridgehead atoms. The fraction of sp³-hybridized carbons (Fsp3) is 0.429. The van der Waals surface area contributed by atoms with Gasteiger partial charge in [0.15, 0.2) is 5.96 Å². The van der Waals surface area contributed by atoms with Crippen molar-refractivity contribution in [1.82, 2.24) is 15.2 Å². The molecular formula is C21H30N4O. The van der Waals surface area contributed by atoms with Crippen molar-refractivity contribution in [1.29, 1.82) is 0 Å². The van der Waals surface area contributed by atoms with E-state index >= 15 is 0 Å². The van der Waals surface area contributed by atoms with Crippen LogP contribution in [0.15, 0.2) is 47.6 Å². The Labute approximate surface area is 157 Å². The van der Waals surface area contributed by atoms with Crippen LogP contribution in [0.25, 0.3) is 0 Å². The molecule has 0 atom stereocenters. The molecule has 1 heterocycles. The van der Waals surface area contributed by atoms with Gasteiger partial charge in [-0.2, -0.15) is 0 Å². The lowest BCUT2D eigenvalue weighted by Gasteiger charge is -2.22. The summed E-state index contributed by atoms with van der Waals surface area (Å²) in [5.41, 5.74) is 3.48. The number of hydrogen-bond acceptors (Lipinski definition) is 3. The first-order valence-corrected chi connectivity index (χ1v) is 9.25. The van der Waals surface area contributed by atoms with Crippen molar-refractivity contribution in [3.05, 3.63) is 59.4 Å². The molecule has 2 aromatic rings. The Morgan fingerprint density at radius 3 is 2.46 bits per heavy atom. The monoisotopic (exact) mass is 354 g/mol. The highest BCUT2D eigenvalue weighted by molar-refractivity contribution is 5.79. The molecular weight excluding hydrogens is 324 g/mol. The third-order valence-electron chi connectivity index (χ3n) is 3.99. The van der Waals surface area contributed by atoms with Gasteiger partial charge in [0.05, 0.1) is 6.61 Å². The number of nitrogens with zero attached hydrogens (tertiary/aromatic N) is 3. The number of rotatable bonds is 8. The lowest BCUT2D eigenvalue weighted by molar-refractivity contribution is 0.340. The van der Waals surface area contributed by atoms with E-state index in [-0.39, 0.29) is 0 Å². The van der Waals surface area contributed by atoms with Crippen molar-refractivity contribution >= 4 is 5.96 Å². The van der Waals surface area contributed by atoms with Crippen LogP contribution in [0, 0.1) is 6.92 Å². The molecule has 0 aliphatic rings. The Kier molecular flexibility index (Phi) is 7.93. The Balaban J connectivity index is 1.94. The summed E-state index contributed by atoms with van der Waals surface area (Å²) >= 11 is 0. The second kappa shape index (κ2) is 10.4. The zero-order valence-electron chi connectivity index (χ0n) is 16.3. The van der Waals surface area contributed by atoms with E-state index < -0.39 is 0 Å². The zero-order valence-corrected chi connectivity index (χ0v) is 16.3. The summed E-state index contributed by atoms with van der Waals surface area (Å²) in [4.78, 5) is 11.2. The number of pyridine rings is 1. The number of ether oxygens (including phenoxy) is 1. The van der Waals surface area contributed by atoms with Crippen molar-refractivity contribution in [2.24, 2.45) is 4.99 Å². The number of hydrogen-bond donors (Lipinski definition) is 1. The molecule has 0 radical (unpaired) electrons. The van der Waals surface area contributed by atoms with Crippen LogP contribution in [0.4, 0.5) is 0 Å². The number of aryl methyl sites for hydroxylation is 1. The van der Waals surface area contributed by atoms with E-state index in [4.69, 9.17) is 9.73 Å². The number of aliphatic imine (C=N–C) groups is 1. The maximum atomic E-state index is 5.50. The summed E-state index contributed by atoms with van der Waals surface area (Å²) in [7, 11) is 2.06. The van der Waals surface area contributed by atoms with E-state index in [2.05, 4.69) is 47.4 Å². The summed E-state index contributed by atoms with van der Waals surface area (Å²) in [5.74, 6) is 1.83. The van der Waals surface area contributed by atoms with Gasteiger partial charge >= 0.3 is 0 Å². The van der Waals surface area contributed by atoms with Gasteiger partial charge in [-0.25, -0.2) is 0 Å². The van der Waals surface area contributed by atoms with Gasteiger partial charge in [0.1, 0.15) is 5.75 Å². The average Bonchev–Trinajstić information content (AvgIpc) is 2.64. The number of nitrogens with one attached hydrogen (secondary N) is 1. The highest BCUT2D eigenvalue weighted by Gasteiger charge is 2.07. The minimum atomic E-state index is 0.687. The predicted molar refractivity (Wildman–Crippen MR) is 108 cm³/mol. The highest BCUT2D eigenvalue weighted by Crippen LogP contribution is 2.13. The zero-order chi connectivity index (χ0) is 18.8. The van der Waals surface area contributed by atoms with E-state index in [0.717, 1.165) is 43.5 Å². The molecule has 1 N–H and O–H groups in total. The lowest BCUT2D eigenvalue weighted by atomic mass is 10.2. The topological polar surface area (TPSA) is 49.8 Å². The Morgan fingerprint density at radius 2 is 1.85 bits per heavy atom.